The maximum absolute atomic E-state index is 5.51. The van der Waals surface area contributed by atoms with Gasteiger partial charge in [0.1, 0.15) is 5.82 Å². The number of ether oxygens (including phenoxy) is 1. The third kappa shape index (κ3) is 3.42. The zero-order valence-corrected chi connectivity index (χ0v) is 12.0. The molecule has 0 bridgehead atoms. The van der Waals surface area contributed by atoms with Gasteiger partial charge < -0.3 is 9.64 Å². The summed E-state index contributed by atoms with van der Waals surface area (Å²) in [6.07, 6.45) is 4.32. The molecule has 1 aliphatic rings. The molecule has 1 fully saturated rings. The van der Waals surface area contributed by atoms with Crippen molar-refractivity contribution >= 4 is 21.7 Å². The summed E-state index contributed by atoms with van der Waals surface area (Å²) >= 11 is 3.48. The minimum Gasteiger partial charge on any atom is -0.381 e. The van der Waals surface area contributed by atoms with E-state index in [4.69, 9.17) is 4.74 Å². The van der Waals surface area contributed by atoms with Gasteiger partial charge in [-0.2, -0.15) is 0 Å². The fourth-order valence-corrected chi connectivity index (χ4v) is 2.38. The van der Waals surface area contributed by atoms with Crippen molar-refractivity contribution in [1.29, 1.82) is 0 Å². The van der Waals surface area contributed by atoms with Gasteiger partial charge in [0.2, 0.25) is 0 Å². The van der Waals surface area contributed by atoms with Crippen LogP contribution in [0.3, 0.4) is 0 Å². The summed E-state index contributed by atoms with van der Waals surface area (Å²) in [6.45, 7) is 4.93. The zero-order chi connectivity index (χ0) is 12.3. The Hall–Kier alpha value is -0.610. The van der Waals surface area contributed by atoms with Gasteiger partial charge in [-0.1, -0.05) is 0 Å². The SMILES string of the molecule is Cc1cc(N(C)CC2CCCOC2)ncc1Br. The number of halogens is 1. The van der Waals surface area contributed by atoms with Crippen LogP contribution in [0.25, 0.3) is 0 Å². The molecule has 0 spiro atoms. The molecule has 0 amide bonds. The molecule has 17 heavy (non-hydrogen) atoms. The lowest BCUT2D eigenvalue weighted by Gasteiger charge is -2.27. The lowest BCUT2D eigenvalue weighted by atomic mass is 10.0. The highest BCUT2D eigenvalue weighted by Crippen LogP contribution is 2.21. The van der Waals surface area contributed by atoms with Gasteiger partial charge in [-0.05, 0) is 53.2 Å². The van der Waals surface area contributed by atoms with Crippen molar-refractivity contribution in [2.75, 3.05) is 31.7 Å². The number of aromatic nitrogens is 1. The van der Waals surface area contributed by atoms with Crippen LogP contribution < -0.4 is 4.90 Å². The molecule has 4 heteroatoms. The molecule has 1 atom stereocenters. The maximum atomic E-state index is 5.51. The second-order valence-electron chi connectivity index (χ2n) is 4.76. The number of aryl methyl sites for hydroxylation is 1. The Morgan fingerprint density at radius 2 is 2.41 bits per heavy atom. The second kappa shape index (κ2) is 5.83. The van der Waals surface area contributed by atoms with Crippen molar-refractivity contribution in [3.05, 3.63) is 22.3 Å². The van der Waals surface area contributed by atoms with Gasteiger partial charge in [-0.25, -0.2) is 4.98 Å². The van der Waals surface area contributed by atoms with Crippen molar-refractivity contribution in [3.8, 4) is 0 Å². The minimum atomic E-state index is 0.638. The van der Waals surface area contributed by atoms with Gasteiger partial charge in [0.25, 0.3) is 0 Å². The van der Waals surface area contributed by atoms with E-state index in [0.29, 0.717) is 5.92 Å². The molecule has 0 N–H and O–H groups in total. The summed E-state index contributed by atoms with van der Waals surface area (Å²) < 4.78 is 6.57. The van der Waals surface area contributed by atoms with Crippen LogP contribution in [0.15, 0.2) is 16.7 Å². The van der Waals surface area contributed by atoms with Crippen LogP contribution in [0, 0.1) is 12.8 Å². The highest BCUT2D eigenvalue weighted by atomic mass is 79.9. The van der Waals surface area contributed by atoms with Gasteiger partial charge >= 0.3 is 0 Å². The Balaban J connectivity index is 1.98. The second-order valence-corrected chi connectivity index (χ2v) is 5.61. The Labute approximate surface area is 111 Å². The first-order chi connectivity index (χ1) is 8.16. The van der Waals surface area contributed by atoms with Crippen LogP contribution in [-0.2, 0) is 4.74 Å². The summed E-state index contributed by atoms with van der Waals surface area (Å²) in [4.78, 5) is 6.66. The molecule has 1 aromatic rings. The number of hydrogen-bond acceptors (Lipinski definition) is 3. The summed E-state index contributed by atoms with van der Waals surface area (Å²) in [7, 11) is 2.10. The van der Waals surface area contributed by atoms with Crippen LogP contribution >= 0.6 is 15.9 Å². The molecule has 0 aliphatic carbocycles. The van der Waals surface area contributed by atoms with E-state index in [1.54, 1.807) is 0 Å². The smallest absolute Gasteiger partial charge is 0.128 e. The quantitative estimate of drug-likeness (QED) is 0.858. The van der Waals surface area contributed by atoms with E-state index < -0.39 is 0 Å². The fourth-order valence-electron chi connectivity index (χ4n) is 2.17. The number of rotatable bonds is 3. The Morgan fingerprint density at radius 3 is 3.06 bits per heavy atom. The molecule has 1 aromatic heterocycles. The van der Waals surface area contributed by atoms with Crippen LogP contribution in [0.2, 0.25) is 0 Å². The summed E-state index contributed by atoms with van der Waals surface area (Å²) in [5.41, 5.74) is 1.22. The lowest BCUT2D eigenvalue weighted by molar-refractivity contribution is 0.0576. The van der Waals surface area contributed by atoms with Crippen molar-refractivity contribution in [1.82, 2.24) is 4.98 Å². The van der Waals surface area contributed by atoms with Gasteiger partial charge in [0.05, 0.1) is 6.61 Å². The highest BCUT2D eigenvalue weighted by molar-refractivity contribution is 9.10. The number of pyridine rings is 1. The summed E-state index contributed by atoms with van der Waals surface area (Å²) in [5, 5.41) is 0. The minimum absolute atomic E-state index is 0.638. The molecule has 0 aromatic carbocycles. The van der Waals surface area contributed by atoms with E-state index in [-0.39, 0.29) is 0 Å². The average molecular weight is 299 g/mol. The predicted octanol–water partition coefficient (Wildman–Crippen LogP) is 3.02. The number of anilines is 1. The topological polar surface area (TPSA) is 25.4 Å². The fraction of sp³-hybridized carbons (Fsp3) is 0.615. The number of nitrogens with zero attached hydrogens (tertiary/aromatic N) is 2. The van der Waals surface area contributed by atoms with Crippen LogP contribution in [0.1, 0.15) is 18.4 Å². The first-order valence-corrected chi connectivity index (χ1v) is 6.87. The molecular formula is C13H19BrN2O. The first kappa shape index (κ1) is 12.8. The van der Waals surface area contributed by atoms with Crippen molar-refractivity contribution in [2.45, 2.75) is 19.8 Å². The van der Waals surface area contributed by atoms with Crippen LogP contribution in [-0.4, -0.2) is 31.8 Å². The zero-order valence-electron chi connectivity index (χ0n) is 10.4. The first-order valence-electron chi connectivity index (χ1n) is 6.08. The molecule has 3 nitrogen and oxygen atoms in total. The number of hydrogen-bond donors (Lipinski definition) is 0. The average Bonchev–Trinajstić information content (AvgIpc) is 2.34. The van der Waals surface area contributed by atoms with Gasteiger partial charge in [-0.15, -0.1) is 0 Å². The van der Waals surface area contributed by atoms with Gasteiger partial charge in [-0.3, -0.25) is 0 Å². The Kier molecular flexibility index (Phi) is 4.40. The molecule has 1 saturated heterocycles. The van der Waals surface area contributed by atoms with E-state index in [0.717, 1.165) is 30.0 Å². The largest absolute Gasteiger partial charge is 0.381 e. The normalized spacial score (nSPS) is 20.3. The Bertz CT molecular complexity index is 378. The van der Waals surface area contributed by atoms with E-state index in [2.05, 4.69) is 45.9 Å². The van der Waals surface area contributed by atoms with E-state index in [1.807, 2.05) is 6.20 Å². The molecule has 94 valence electrons. The summed E-state index contributed by atoms with van der Waals surface area (Å²) in [5.74, 6) is 1.68. The van der Waals surface area contributed by atoms with Crippen LogP contribution in [0.5, 0.6) is 0 Å². The Morgan fingerprint density at radius 1 is 1.59 bits per heavy atom. The summed E-state index contributed by atoms with van der Waals surface area (Å²) in [6, 6.07) is 2.12. The third-order valence-corrected chi connectivity index (χ3v) is 4.04. The van der Waals surface area contributed by atoms with Gasteiger partial charge in [0, 0.05) is 30.9 Å². The molecule has 1 unspecified atom stereocenters. The van der Waals surface area contributed by atoms with E-state index >= 15 is 0 Å². The van der Waals surface area contributed by atoms with Crippen molar-refractivity contribution in [2.24, 2.45) is 5.92 Å². The molecule has 1 aliphatic heterocycles. The van der Waals surface area contributed by atoms with E-state index in [9.17, 15) is 0 Å². The van der Waals surface area contributed by atoms with Gasteiger partial charge in [0.15, 0.2) is 0 Å². The van der Waals surface area contributed by atoms with E-state index in [1.165, 1.54) is 18.4 Å². The standard InChI is InChI=1S/C13H19BrN2O/c1-10-6-13(15-7-12(10)14)16(2)8-11-4-3-5-17-9-11/h6-7,11H,3-5,8-9H2,1-2H3. The lowest BCUT2D eigenvalue weighted by Crippen LogP contribution is -2.31. The molecular weight excluding hydrogens is 280 g/mol. The molecule has 2 heterocycles. The van der Waals surface area contributed by atoms with Crippen molar-refractivity contribution < 1.29 is 4.74 Å². The molecule has 0 radical (unpaired) electrons. The highest BCUT2D eigenvalue weighted by Gasteiger charge is 2.16. The molecule has 2 rings (SSSR count). The maximum Gasteiger partial charge on any atom is 0.128 e. The third-order valence-electron chi connectivity index (χ3n) is 3.21. The monoisotopic (exact) mass is 298 g/mol. The van der Waals surface area contributed by atoms with Crippen LogP contribution in [0.4, 0.5) is 5.82 Å². The predicted molar refractivity (Wildman–Crippen MR) is 73.5 cm³/mol. The van der Waals surface area contributed by atoms with Crippen molar-refractivity contribution in [3.63, 3.8) is 0 Å². The molecule has 0 saturated carbocycles.